The normalized spacial score (nSPS) is 11.7. The summed E-state index contributed by atoms with van der Waals surface area (Å²) in [5.41, 5.74) is 0.784. The minimum atomic E-state index is -3.67. The van der Waals surface area contributed by atoms with Crippen molar-refractivity contribution in [2.45, 2.75) is 4.90 Å². The second-order valence-corrected chi connectivity index (χ2v) is 6.87. The summed E-state index contributed by atoms with van der Waals surface area (Å²) in [5, 5.41) is 4.20. The van der Waals surface area contributed by atoms with Crippen LogP contribution in [0.1, 0.15) is 5.56 Å². The molecule has 0 bridgehead atoms. The Kier molecular flexibility index (Phi) is 4.80. The molecule has 20 heavy (non-hydrogen) atoms. The molecule has 0 aliphatic carbocycles. The first-order valence-electron chi connectivity index (χ1n) is 5.53. The average molecular weight is 374 g/mol. The molecule has 0 saturated carbocycles. The average Bonchev–Trinajstić information content (AvgIpc) is 2.41. The largest absolute Gasteiger partial charge is 0.276 e. The number of hydrazone groups is 1. The Bertz CT molecular complexity index is 713. The number of sulfonamides is 1. The van der Waals surface area contributed by atoms with Crippen LogP contribution in [0.3, 0.4) is 0 Å². The number of nitrogens with zero attached hydrogens (tertiary/aromatic N) is 1. The molecule has 0 radical (unpaired) electrons. The first-order valence-corrected chi connectivity index (χ1v) is 8.19. The Morgan fingerprint density at radius 3 is 2.25 bits per heavy atom. The van der Waals surface area contributed by atoms with Gasteiger partial charge in [-0.05, 0) is 42.0 Å². The maximum absolute atomic E-state index is 11.9. The van der Waals surface area contributed by atoms with Crippen LogP contribution in [0.4, 0.5) is 0 Å². The van der Waals surface area contributed by atoms with Gasteiger partial charge in [0.05, 0.1) is 11.1 Å². The molecule has 0 atom stereocenters. The van der Waals surface area contributed by atoms with Gasteiger partial charge < -0.3 is 0 Å². The monoisotopic (exact) mass is 372 g/mol. The molecule has 0 amide bonds. The van der Waals surface area contributed by atoms with Gasteiger partial charge in [0.15, 0.2) is 0 Å². The van der Waals surface area contributed by atoms with Gasteiger partial charge in [-0.25, -0.2) is 4.83 Å². The van der Waals surface area contributed by atoms with Crippen LogP contribution >= 0.6 is 27.5 Å². The molecule has 1 N–H and O–H groups in total. The summed E-state index contributed by atoms with van der Waals surface area (Å²) < 4.78 is 24.8. The van der Waals surface area contributed by atoms with Crippen LogP contribution in [0.25, 0.3) is 0 Å². The summed E-state index contributed by atoms with van der Waals surface area (Å²) in [6.07, 6.45) is 1.43. The van der Waals surface area contributed by atoms with Crippen molar-refractivity contribution in [3.05, 3.63) is 63.6 Å². The zero-order chi connectivity index (χ0) is 14.6. The van der Waals surface area contributed by atoms with Crippen LogP contribution in [-0.2, 0) is 10.0 Å². The van der Waals surface area contributed by atoms with Crippen molar-refractivity contribution in [1.29, 1.82) is 0 Å². The molecule has 7 heteroatoms. The van der Waals surface area contributed by atoms with E-state index >= 15 is 0 Å². The van der Waals surface area contributed by atoms with E-state index in [1.165, 1.54) is 30.5 Å². The van der Waals surface area contributed by atoms with Gasteiger partial charge in [0.2, 0.25) is 0 Å². The summed E-state index contributed by atoms with van der Waals surface area (Å²) in [7, 11) is -3.67. The van der Waals surface area contributed by atoms with Crippen molar-refractivity contribution in [1.82, 2.24) is 4.83 Å². The lowest BCUT2D eigenvalue weighted by Crippen LogP contribution is -2.18. The second-order valence-electron chi connectivity index (χ2n) is 3.86. The smallest absolute Gasteiger partial charge is 0.200 e. The third kappa shape index (κ3) is 4.06. The van der Waals surface area contributed by atoms with Gasteiger partial charge in [-0.3, -0.25) is 0 Å². The first kappa shape index (κ1) is 15.0. The van der Waals surface area contributed by atoms with Crippen molar-refractivity contribution in [2.75, 3.05) is 0 Å². The van der Waals surface area contributed by atoms with Gasteiger partial charge in [0.25, 0.3) is 10.0 Å². The van der Waals surface area contributed by atoms with Crippen LogP contribution in [-0.4, -0.2) is 14.6 Å². The third-order valence-electron chi connectivity index (χ3n) is 2.38. The Labute approximate surface area is 130 Å². The summed E-state index contributed by atoms with van der Waals surface area (Å²) >= 11 is 9.03. The van der Waals surface area contributed by atoms with E-state index in [0.717, 1.165) is 10.0 Å². The minimum Gasteiger partial charge on any atom is -0.200 e. The highest BCUT2D eigenvalue weighted by molar-refractivity contribution is 9.10. The van der Waals surface area contributed by atoms with Crippen molar-refractivity contribution >= 4 is 43.8 Å². The van der Waals surface area contributed by atoms with Gasteiger partial charge in [-0.15, -0.1) is 0 Å². The Morgan fingerprint density at radius 2 is 1.65 bits per heavy atom. The van der Waals surface area contributed by atoms with Crippen molar-refractivity contribution in [3.8, 4) is 0 Å². The number of nitrogens with one attached hydrogen (secondary N) is 1. The fourth-order valence-electron chi connectivity index (χ4n) is 1.39. The molecule has 0 aromatic heterocycles. The molecule has 0 unspecified atom stereocenters. The Morgan fingerprint density at radius 1 is 1.05 bits per heavy atom. The fraction of sp³-hybridized carbons (Fsp3) is 0. The zero-order valence-electron chi connectivity index (χ0n) is 10.1. The molecule has 4 nitrogen and oxygen atoms in total. The molecular weight excluding hydrogens is 364 g/mol. The zero-order valence-corrected chi connectivity index (χ0v) is 13.3. The standard InChI is InChI=1S/C13H10BrClN2O2S/c14-11-3-1-10(2-4-11)9-16-17-20(18,19)13-7-5-12(15)6-8-13/h1-9,17H/b16-9+. The van der Waals surface area contributed by atoms with E-state index in [9.17, 15) is 8.42 Å². The van der Waals surface area contributed by atoms with E-state index in [0.29, 0.717) is 5.02 Å². The molecular formula is C13H10BrClN2O2S. The predicted molar refractivity (Wildman–Crippen MR) is 83.5 cm³/mol. The quantitative estimate of drug-likeness (QED) is 0.659. The highest BCUT2D eigenvalue weighted by Crippen LogP contribution is 2.13. The number of halogens is 2. The van der Waals surface area contributed by atoms with E-state index in [1.54, 1.807) is 0 Å². The highest BCUT2D eigenvalue weighted by Gasteiger charge is 2.11. The summed E-state index contributed by atoms with van der Waals surface area (Å²) in [4.78, 5) is 2.25. The Hall–Kier alpha value is -1.37. The summed E-state index contributed by atoms with van der Waals surface area (Å²) in [6.45, 7) is 0. The van der Waals surface area contributed by atoms with Crippen LogP contribution in [0, 0.1) is 0 Å². The van der Waals surface area contributed by atoms with Crippen LogP contribution in [0.15, 0.2) is 63.0 Å². The van der Waals surface area contributed by atoms with Crippen molar-refractivity contribution < 1.29 is 8.42 Å². The topological polar surface area (TPSA) is 58.5 Å². The number of benzene rings is 2. The van der Waals surface area contributed by atoms with Crippen molar-refractivity contribution in [3.63, 3.8) is 0 Å². The van der Waals surface area contributed by atoms with Crippen LogP contribution < -0.4 is 4.83 Å². The molecule has 0 heterocycles. The molecule has 0 spiro atoms. The molecule has 0 aliphatic heterocycles. The van der Waals surface area contributed by atoms with Gasteiger partial charge in [-0.1, -0.05) is 39.7 Å². The molecule has 2 rings (SSSR count). The van der Waals surface area contributed by atoms with E-state index in [4.69, 9.17) is 11.6 Å². The second kappa shape index (κ2) is 6.39. The predicted octanol–water partition coefficient (Wildman–Crippen LogP) is 3.41. The van der Waals surface area contributed by atoms with Gasteiger partial charge in [0, 0.05) is 9.50 Å². The van der Waals surface area contributed by atoms with E-state index < -0.39 is 10.0 Å². The van der Waals surface area contributed by atoms with Gasteiger partial charge in [0.1, 0.15) is 0 Å². The van der Waals surface area contributed by atoms with Gasteiger partial charge in [-0.2, -0.15) is 13.5 Å². The lowest BCUT2D eigenvalue weighted by atomic mass is 10.2. The molecule has 0 aliphatic rings. The number of hydrogen-bond acceptors (Lipinski definition) is 3. The lowest BCUT2D eigenvalue weighted by molar-refractivity contribution is 0.584. The molecule has 104 valence electrons. The maximum atomic E-state index is 11.9. The minimum absolute atomic E-state index is 0.106. The lowest BCUT2D eigenvalue weighted by Gasteiger charge is -2.03. The molecule has 2 aromatic rings. The SMILES string of the molecule is O=S(=O)(N/N=C/c1ccc(Br)cc1)c1ccc(Cl)cc1. The summed E-state index contributed by atoms with van der Waals surface area (Å²) in [6, 6.07) is 13.2. The van der Waals surface area contributed by atoms with Crippen LogP contribution in [0.2, 0.25) is 5.02 Å². The van der Waals surface area contributed by atoms with Crippen molar-refractivity contribution in [2.24, 2.45) is 5.10 Å². The number of rotatable bonds is 4. The molecule has 0 fully saturated rings. The molecule has 0 saturated heterocycles. The third-order valence-corrected chi connectivity index (χ3v) is 4.40. The van der Waals surface area contributed by atoms with Crippen LogP contribution in [0.5, 0.6) is 0 Å². The highest BCUT2D eigenvalue weighted by atomic mass is 79.9. The fourth-order valence-corrected chi connectivity index (χ4v) is 2.57. The van der Waals surface area contributed by atoms with E-state index in [1.807, 2.05) is 24.3 Å². The Balaban J connectivity index is 2.09. The van der Waals surface area contributed by atoms with Gasteiger partial charge >= 0.3 is 0 Å². The number of hydrogen-bond donors (Lipinski definition) is 1. The maximum Gasteiger partial charge on any atom is 0.276 e. The summed E-state index contributed by atoms with van der Waals surface area (Å²) in [5.74, 6) is 0. The molecule has 2 aromatic carbocycles. The van der Waals surface area contributed by atoms with E-state index in [-0.39, 0.29) is 4.90 Å². The van der Waals surface area contributed by atoms with E-state index in [2.05, 4.69) is 25.9 Å². The first-order chi connectivity index (χ1) is 9.47.